The van der Waals surface area contributed by atoms with Gasteiger partial charge in [-0.25, -0.2) is 0 Å². The van der Waals surface area contributed by atoms with E-state index in [2.05, 4.69) is 22.8 Å². The number of carbonyl (C=O) groups is 2. The van der Waals surface area contributed by atoms with Crippen LogP contribution in [0.4, 0.5) is 5.69 Å². The van der Waals surface area contributed by atoms with Gasteiger partial charge >= 0.3 is 0 Å². The predicted octanol–water partition coefficient (Wildman–Crippen LogP) is 5.07. The highest BCUT2D eigenvalue weighted by atomic mass is 16.2. The van der Waals surface area contributed by atoms with Crippen LogP contribution < -0.4 is 10.6 Å². The van der Waals surface area contributed by atoms with E-state index in [4.69, 9.17) is 0 Å². The van der Waals surface area contributed by atoms with Crippen LogP contribution in [0.2, 0.25) is 0 Å². The van der Waals surface area contributed by atoms with Gasteiger partial charge in [-0.15, -0.1) is 0 Å². The fraction of sp³-hybridized carbons (Fsp3) is 0.308. The van der Waals surface area contributed by atoms with Gasteiger partial charge in [-0.2, -0.15) is 0 Å². The van der Waals surface area contributed by atoms with Crippen molar-refractivity contribution < 1.29 is 9.59 Å². The second kappa shape index (κ2) is 8.70. The molecule has 0 saturated carbocycles. The van der Waals surface area contributed by atoms with Crippen LogP contribution in [0.5, 0.6) is 0 Å². The van der Waals surface area contributed by atoms with Crippen LogP contribution in [0.1, 0.15) is 43.7 Å². The molecule has 4 rings (SSSR count). The van der Waals surface area contributed by atoms with Gasteiger partial charge < -0.3 is 10.6 Å². The molecule has 2 N–H and O–H groups in total. The summed E-state index contributed by atoms with van der Waals surface area (Å²) in [6.07, 6.45) is 3.86. The van der Waals surface area contributed by atoms with Crippen LogP contribution in [-0.4, -0.2) is 11.7 Å². The molecule has 0 fully saturated rings. The van der Waals surface area contributed by atoms with Crippen molar-refractivity contribution in [2.45, 2.75) is 46.0 Å². The molecule has 2 aromatic rings. The molecule has 1 heterocycles. The van der Waals surface area contributed by atoms with Crippen molar-refractivity contribution in [2.24, 2.45) is 5.92 Å². The summed E-state index contributed by atoms with van der Waals surface area (Å²) in [5.41, 5.74) is 6.40. The number of aryl methyl sites for hydroxylation is 2. The highest BCUT2D eigenvalue weighted by molar-refractivity contribution is 6.08. The maximum atomic E-state index is 13.4. The van der Waals surface area contributed by atoms with Crippen LogP contribution in [-0.2, 0) is 16.0 Å². The van der Waals surface area contributed by atoms with E-state index < -0.39 is 0 Å². The molecule has 0 spiro atoms. The third kappa shape index (κ3) is 4.09. The molecule has 1 unspecified atom stereocenters. The normalized spacial score (nSPS) is 18.7. The minimum Gasteiger partial charge on any atom is -0.362 e. The molecule has 0 aromatic heterocycles. The van der Waals surface area contributed by atoms with Gasteiger partial charge in [-0.3, -0.25) is 9.59 Å². The highest BCUT2D eigenvalue weighted by Crippen LogP contribution is 2.38. The Morgan fingerprint density at radius 3 is 2.53 bits per heavy atom. The molecule has 0 radical (unpaired) electrons. The number of benzene rings is 2. The maximum Gasteiger partial charge on any atom is 0.253 e. The average molecular weight is 401 g/mol. The summed E-state index contributed by atoms with van der Waals surface area (Å²) in [7, 11) is 0. The molecule has 1 aliphatic heterocycles. The van der Waals surface area contributed by atoms with Gasteiger partial charge in [-0.05, 0) is 56.7 Å². The SMILES string of the molecule is CC1=C(C(=O)Nc2ccccc2C)C(CCc2ccccc2)C2=C(CCCC2=O)N1. The van der Waals surface area contributed by atoms with Gasteiger partial charge in [0.2, 0.25) is 0 Å². The number of nitrogens with one attached hydrogen (secondary N) is 2. The number of hydrogen-bond acceptors (Lipinski definition) is 3. The van der Waals surface area contributed by atoms with Crippen molar-refractivity contribution in [3.63, 3.8) is 0 Å². The van der Waals surface area contributed by atoms with E-state index in [1.54, 1.807) is 0 Å². The molecule has 1 atom stereocenters. The molecule has 30 heavy (non-hydrogen) atoms. The lowest BCUT2D eigenvalue weighted by Crippen LogP contribution is -2.36. The molecule has 4 nitrogen and oxygen atoms in total. The first-order chi connectivity index (χ1) is 14.5. The second-order valence-electron chi connectivity index (χ2n) is 8.18. The zero-order valence-electron chi connectivity index (χ0n) is 17.6. The van der Waals surface area contributed by atoms with E-state index in [9.17, 15) is 9.59 Å². The second-order valence-corrected chi connectivity index (χ2v) is 8.18. The lowest BCUT2D eigenvalue weighted by molar-refractivity contribution is -0.116. The Morgan fingerprint density at radius 1 is 1.03 bits per heavy atom. The first-order valence-corrected chi connectivity index (χ1v) is 10.7. The molecule has 0 bridgehead atoms. The monoisotopic (exact) mass is 400 g/mol. The van der Waals surface area contributed by atoms with Crippen LogP contribution in [0.15, 0.2) is 77.1 Å². The molecular formula is C26H28N2O2. The van der Waals surface area contributed by atoms with Crippen LogP contribution in [0, 0.1) is 12.8 Å². The Hall–Kier alpha value is -3.14. The third-order valence-electron chi connectivity index (χ3n) is 6.10. The quantitative estimate of drug-likeness (QED) is 0.737. The van der Waals surface area contributed by atoms with Gasteiger partial charge in [0.1, 0.15) is 0 Å². The summed E-state index contributed by atoms with van der Waals surface area (Å²) in [4.78, 5) is 26.3. The fourth-order valence-corrected chi connectivity index (χ4v) is 4.57. The van der Waals surface area contributed by atoms with Gasteiger partial charge in [0.05, 0.1) is 0 Å². The Morgan fingerprint density at radius 2 is 1.77 bits per heavy atom. The molecule has 2 aliphatic rings. The maximum absolute atomic E-state index is 13.4. The minimum absolute atomic E-state index is 0.128. The van der Waals surface area contributed by atoms with E-state index in [0.29, 0.717) is 12.0 Å². The number of dihydropyridines is 1. The predicted molar refractivity (Wildman–Crippen MR) is 120 cm³/mol. The largest absolute Gasteiger partial charge is 0.362 e. The Bertz CT molecular complexity index is 1030. The molecule has 4 heteroatoms. The van der Waals surface area contributed by atoms with Crippen molar-refractivity contribution in [1.82, 2.24) is 5.32 Å². The lowest BCUT2D eigenvalue weighted by Gasteiger charge is -2.34. The number of hydrogen-bond donors (Lipinski definition) is 2. The number of amides is 1. The first kappa shape index (κ1) is 20.1. The van der Waals surface area contributed by atoms with E-state index in [1.165, 1.54) is 5.56 Å². The summed E-state index contributed by atoms with van der Waals surface area (Å²) in [6.45, 7) is 3.93. The number of anilines is 1. The van der Waals surface area contributed by atoms with Gasteiger partial charge in [0, 0.05) is 40.6 Å². The Balaban J connectivity index is 1.66. The fourth-order valence-electron chi connectivity index (χ4n) is 4.57. The van der Waals surface area contributed by atoms with Crippen molar-refractivity contribution in [1.29, 1.82) is 0 Å². The summed E-state index contributed by atoms with van der Waals surface area (Å²) in [5, 5.41) is 6.46. The van der Waals surface area contributed by atoms with Crippen LogP contribution >= 0.6 is 0 Å². The summed E-state index contributed by atoms with van der Waals surface area (Å²) in [6, 6.07) is 18.0. The van der Waals surface area contributed by atoms with Crippen molar-refractivity contribution in [3.8, 4) is 0 Å². The average Bonchev–Trinajstić information content (AvgIpc) is 2.74. The van der Waals surface area contributed by atoms with Gasteiger partial charge in [0.25, 0.3) is 5.91 Å². The summed E-state index contributed by atoms with van der Waals surface area (Å²) in [5.74, 6) is -0.133. The topological polar surface area (TPSA) is 58.2 Å². The number of ketones is 1. The van der Waals surface area contributed by atoms with Crippen molar-refractivity contribution in [2.75, 3.05) is 5.32 Å². The standard InChI is InChI=1S/C26H28N2O2/c1-17-9-6-7-12-21(17)28-26(30)24-18(2)27-22-13-8-14-23(29)25(22)20(24)16-15-19-10-4-3-5-11-19/h3-7,9-12,20,27H,8,13-16H2,1-2H3,(H,28,30). The summed E-state index contributed by atoms with van der Waals surface area (Å²) >= 11 is 0. The lowest BCUT2D eigenvalue weighted by atomic mass is 9.76. The van der Waals surface area contributed by atoms with E-state index in [1.807, 2.05) is 56.3 Å². The minimum atomic E-state index is -0.182. The van der Waals surface area contributed by atoms with Gasteiger partial charge in [0.15, 0.2) is 5.78 Å². The molecule has 1 aliphatic carbocycles. The third-order valence-corrected chi connectivity index (χ3v) is 6.10. The van der Waals surface area contributed by atoms with Crippen molar-refractivity contribution in [3.05, 3.63) is 88.3 Å². The number of Topliss-reactive ketones (excluding diaryl/α,β-unsaturated/α-hetero) is 1. The van der Waals surface area contributed by atoms with E-state index in [-0.39, 0.29) is 17.6 Å². The zero-order chi connectivity index (χ0) is 21.1. The number of carbonyl (C=O) groups excluding carboxylic acids is 2. The molecular weight excluding hydrogens is 372 g/mol. The number of allylic oxidation sites excluding steroid dienone is 3. The Kier molecular flexibility index (Phi) is 5.84. The molecule has 1 amide bonds. The highest BCUT2D eigenvalue weighted by Gasteiger charge is 2.37. The molecule has 0 saturated heterocycles. The molecule has 154 valence electrons. The van der Waals surface area contributed by atoms with Crippen LogP contribution in [0.25, 0.3) is 0 Å². The smallest absolute Gasteiger partial charge is 0.253 e. The molecule has 2 aromatic carbocycles. The van der Waals surface area contributed by atoms with E-state index >= 15 is 0 Å². The number of rotatable bonds is 5. The van der Waals surface area contributed by atoms with Gasteiger partial charge in [-0.1, -0.05) is 48.5 Å². The Labute approximate surface area is 178 Å². The van der Waals surface area contributed by atoms with Crippen molar-refractivity contribution >= 4 is 17.4 Å². The van der Waals surface area contributed by atoms with E-state index in [0.717, 1.165) is 53.9 Å². The van der Waals surface area contributed by atoms with Crippen LogP contribution in [0.3, 0.4) is 0 Å². The first-order valence-electron chi connectivity index (χ1n) is 10.7. The number of para-hydroxylation sites is 1. The zero-order valence-corrected chi connectivity index (χ0v) is 17.6. The summed E-state index contributed by atoms with van der Waals surface area (Å²) < 4.78 is 0.